The maximum Gasteiger partial charge on any atom is 0.179 e. The van der Waals surface area contributed by atoms with Gasteiger partial charge >= 0.3 is 0 Å². The number of nitrogens with zero attached hydrogens (tertiary/aromatic N) is 3. The highest BCUT2D eigenvalue weighted by atomic mass is 32.1. The third-order valence-electron chi connectivity index (χ3n) is 3.72. The molecule has 1 fully saturated rings. The summed E-state index contributed by atoms with van der Waals surface area (Å²) in [6, 6.07) is 0. The lowest BCUT2D eigenvalue weighted by molar-refractivity contribution is 0.0973. The predicted octanol–water partition coefficient (Wildman–Crippen LogP) is 2.56. The summed E-state index contributed by atoms with van der Waals surface area (Å²) in [6.07, 6.45) is 4.62. The molecule has 1 atom stereocenters. The van der Waals surface area contributed by atoms with E-state index >= 15 is 0 Å². The second-order valence-corrected chi connectivity index (χ2v) is 5.58. The van der Waals surface area contributed by atoms with Gasteiger partial charge in [0.25, 0.3) is 0 Å². The molecule has 0 saturated carbocycles. The summed E-state index contributed by atoms with van der Waals surface area (Å²) >= 11 is 5.46. The number of imidazole rings is 1. The van der Waals surface area contributed by atoms with E-state index < -0.39 is 0 Å². The van der Waals surface area contributed by atoms with Crippen LogP contribution in [0, 0.1) is 4.77 Å². The van der Waals surface area contributed by atoms with Crippen LogP contribution in [0.1, 0.15) is 31.9 Å². The van der Waals surface area contributed by atoms with E-state index in [2.05, 4.69) is 21.6 Å². The fourth-order valence-electron chi connectivity index (χ4n) is 2.85. The van der Waals surface area contributed by atoms with E-state index in [1.54, 1.807) is 0 Å². The van der Waals surface area contributed by atoms with Crippen LogP contribution in [0.3, 0.4) is 0 Å². The van der Waals surface area contributed by atoms with Gasteiger partial charge < -0.3 is 9.72 Å². The number of aromatic nitrogens is 4. The molecule has 3 heterocycles. The number of fused-ring (bicyclic) bond motifs is 1. The van der Waals surface area contributed by atoms with Crippen LogP contribution in [0.4, 0.5) is 0 Å². The zero-order valence-corrected chi connectivity index (χ0v) is 12.3. The van der Waals surface area contributed by atoms with Crippen molar-refractivity contribution in [3.63, 3.8) is 0 Å². The van der Waals surface area contributed by atoms with E-state index in [0.717, 1.165) is 60.5 Å². The summed E-state index contributed by atoms with van der Waals surface area (Å²) in [5.41, 5.74) is 3.29. The first-order valence-electron chi connectivity index (χ1n) is 6.96. The molecule has 6 heteroatoms. The zero-order chi connectivity index (χ0) is 13.4. The molecule has 2 aromatic rings. The molecule has 0 amide bonds. The van der Waals surface area contributed by atoms with Gasteiger partial charge in [0.15, 0.2) is 10.4 Å². The van der Waals surface area contributed by atoms with Gasteiger partial charge in [-0.3, -0.25) is 9.25 Å². The maximum atomic E-state index is 5.71. The zero-order valence-electron chi connectivity index (χ0n) is 11.5. The van der Waals surface area contributed by atoms with Crippen molar-refractivity contribution in [1.29, 1.82) is 0 Å². The smallest absolute Gasteiger partial charge is 0.179 e. The van der Waals surface area contributed by atoms with Gasteiger partial charge in [-0.25, -0.2) is 0 Å². The van der Waals surface area contributed by atoms with Gasteiger partial charge in [0, 0.05) is 13.7 Å². The minimum atomic E-state index is 0.287. The van der Waals surface area contributed by atoms with Crippen molar-refractivity contribution in [1.82, 2.24) is 19.3 Å². The van der Waals surface area contributed by atoms with E-state index in [1.807, 2.05) is 11.7 Å². The molecule has 19 heavy (non-hydrogen) atoms. The standard InChI is InChI=1S/C13H20N4OS/c1-3-5-10-11-12(16(2)15-10)17(13(19)14-11)8-9-6-4-7-18-9/h9H,3-8H2,1-2H3,(H,14,19). The van der Waals surface area contributed by atoms with Crippen molar-refractivity contribution in [2.24, 2.45) is 7.05 Å². The van der Waals surface area contributed by atoms with Crippen molar-refractivity contribution in [2.45, 2.75) is 45.3 Å². The van der Waals surface area contributed by atoms with Gasteiger partial charge in [0.2, 0.25) is 0 Å². The van der Waals surface area contributed by atoms with Crippen LogP contribution in [0.25, 0.3) is 11.2 Å². The van der Waals surface area contributed by atoms with Crippen LogP contribution < -0.4 is 0 Å². The Morgan fingerprint density at radius 3 is 3.05 bits per heavy atom. The number of H-pyrrole nitrogens is 1. The van der Waals surface area contributed by atoms with Crippen molar-refractivity contribution in [2.75, 3.05) is 6.61 Å². The number of nitrogens with one attached hydrogen (secondary N) is 1. The Labute approximate surface area is 117 Å². The summed E-state index contributed by atoms with van der Waals surface area (Å²) < 4.78 is 10.6. The quantitative estimate of drug-likeness (QED) is 0.876. The number of aromatic amines is 1. The molecule has 0 bridgehead atoms. The van der Waals surface area contributed by atoms with Crippen LogP contribution >= 0.6 is 12.2 Å². The maximum absolute atomic E-state index is 5.71. The highest BCUT2D eigenvalue weighted by molar-refractivity contribution is 7.71. The number of hydrogen-bond acceptors (Lipinski definition) is 3. The summed E-state index contributed by atoms with van der Waals surface area (Å²) in [6.45, 7) is 3.86. The van der Waals surface area contributed by atoms with Gasteiger partial charge in [0.05, 0.1) is 18.3 Å². The molecule has 1 unspecified atom stereocenters. The molecule has 2 aromatic heterocycles. The van der Waals surface area contributed by atoms with Crippen molar-refractivity contribution >= 4 is 23.4 Å². The highest BCUT2D eigenvalue weighted by Crippen LogP contribution is 2.22. The Balaban J connectivity index is 2.03. The van der Waals surface area contributed by atoms with Crippen LogP contribution in [0.15, 0.2) is 0 Å². The SMILES string of the molecule is CCCc1nn(C)c2c1[nH]c(=S)n2CC1CCCO1. The van der Waals surface area contributed by atoms with Crippen LogP contribution in [-0.2, 0) is 24.8 Å². The van der Waals surface area contributed by atoms with Gasteiger partial charge in [-0.2, -0.15) is 5.10 Å². The van der Waals surface area contributed by atoms with E-state index in [9.17, 15) is 0 Å². The fourth-order valence-corrected chi connectivity index (χ4v) is 3.11. The summed E-state index contributed by atoms with van der Waals surface area (Å²) in [4.78, 5) is 3.31. The molecule has 1 N–H and O–H groups in total. The van der Waals surface area contributed by atoms with Crippen LogP contribution in [0.5, 0.6) is 0 Å². The molecule has 104 valence electrons. The summed E-state index contributed by atoms with van der Waals surface area (Å²) in [5, 5.41) is 4.59. The third kappa shape index (κ3) is 2.23. The molecule has 0 spiro atoms. The molecule has 0 aliphatic carbocycles. The Morgan fingerprint density at radius 2 is 2.37 bits per heavy atom. The first kappa shape index (κ1) is 12.9. The van der Waals surface area contributed by atoms with Gasteiger partial charge in [-0.05, 0) is 31.5 Å². The molecule has 5 nitrogen and oxygen atoms in total. The first-order chi connectivity index (χ1) is 9.20. The average molecular weight is 280 g/mol. The number of ether oxygens (including phenoxy) is 1. The van der Waals surface area contributed by atoms with E-state index in [1.165, 1.54) is 0 Å². The topological polar surface area (TPSA) is 47.8 Å². The lowest BCUT2D eigenvalue weighted by Crippen LogP contribution is -2.16. The normalized spacial score (nSPS) is 19.6. The minimum absolute atomic E-state index is 0.287. The monoisotopic (exact) mass is 280 g/mol. The largest absolute Gasteiger partial charge is 0.376 e. The highest BCUT2D eigenvalue weighted by Gasteiger charge is 2.20. The lowest BCUT2D eigenvalue weighted by Gasteiger charge is -2.10. The average Bonchev–Trinajstić information content (AvgIpc) is 3.04. The number of aryl methyl sites for hydroxylation is 2. The predicted molar refractivity (Wildman–Crippen MR) is 76.9 cm³/mol. The molecule has 1 saturated heterocycles. The van der Waals surface area contributed by atoms with E-state index in [0.29, 0.717) is 0 Å². The minimum Gasteiger partial charge on any atom is -0.376 e. The number of hydrogen-bond donors (Lipinski definition) is 1. The molecule has 0 radical (unpaired) electrons. The molecule has 1 aliphatic rings. The summed E-state index contributed by atoms with van der Waals surface area (Å²) in [7, 11) is 1.98. The Kier molecular flexibility index (Phi) is 3.45. The van der Waals surface area contributed by atoms with Crippen LogP contribution in [-0.4, -0.2) is 32.0 Å². The van der Waals surface area contributed by atoms with Crippen molar-refractivity contribution in [3.8, 4) is 0 Å². The van der Waals surface area contributed by atoms with E-state index in [-0.39, 0.29) is 6.10 Å². The number of rotatable bonds is 4. The molecular formula is C13H20N4OS. The summed E-state index contributed by atoms with van der Waals surface area (Å²) in [5.74, 6) is 0. The second kappa shape index (κ2) is 5.09. The Bertz CT molecular complexity index is 633. The molecular weight excluding hydrogens is 260 g/mol. The second-order valence-electron chi connectivity index (χ2n) is 5.19. The Morgan fingerprint density at radius 1 is 1.53 bits per heavy atom. The Hall–Kier alpha value is -1.14. The first-order valence-corrected chi connectivity index (χ1v) is 7.37. The molecule has 1 aliphatic heterocycles. The lowest BCUT2D eigenvalue weighted by atomic mass is 10.2. The van der Waals surface area contributed by atoms with Gasteiger partial charge in [0.1, 0.15) is 5.52 Å². The van der Waals surface area contributed by atoms with Gasteiger partial charge in [-0.1, -0.05) is 13.3 Å². The van der Waals surface area contributed by atoms with Crippen LogP contribution in [0.2, 0.25) is 0 Å². The van der Waals surface area contributed by atoms with Gasteiger partial charge in [-0.15, -0.1) is 0 Å². The third-order valence-corrected chi connectivity index (χ3v) is 4.04. The molecule has 3 rings (SSSR count). The van der Waals surface area contributed by atoms with Crippen molar-refractivity contribution in [3.05, 3.63) is 10.5 Å². The van der Waals surface area contributed by atoms with Crippen molar-refractivity contribution < 1.29 is 4.74 Å². The fraction of sp³-hybridized carbons (Fsp3) is 0.692. The molecule has 0 aromatic carbocycles. The van der Waals surface area contributed by atoms with E-state index in [4.69, 9.17) is 17.0 Å².